The first-order chi connectivity index (χ1) is 11.4. The Morgan fingerprint density at radius 1 is 1.46 bits per heavy atom. The average molecular weight is 432 g/mol. The molecule has 0 radical (unpaired) electrons. The summed E-state index contributed by atoms with van der Waals surface area (Å²) in [4.78, 5) is 25.9. The maximum atomic E-state index is 12.2. The van der Waals surface area contributed by atoms with Gasteiger partial charge in [-0.1, -0.05) is 11.8 Å². The summed E-state index contributed by atoms with van der Waals surface area (Å²) in [5, 5.41) is 10.7. The number of rotatable bonds is 8. The highest BCUT2D eigenvalue weighted by molar-refractivity contribution is 9.10. The summed E-state index contributed by atoms with van der Waals surface area (Å²) in [6.07, 6.45) is 0.676. The van der Waals surface area contributed by atoms with Crippen molar-refractivity contribution in [1.29, 1.82) is 0 Å². The van der Waals surface area contributed by atoms with Crippen LogP contribution in [0.25, 0.3) is 0 Å². The fraction of sp³-hybridized carbons (Fsp3) is 0.429. The van der Waals surface area contributed by atoms with E-state index in [-0.39, 0.29) is 24.0 Å². The van der Waals surface area contributed by atoms with Gasteiger partial charge < -0.3 is 15.2 Å². The van der Waals surface area contributed by atoms with Crippen LogP contribution in [-0.4, -0.2) is 44.3 Å². The number of thioether (sulfide) groups is 1. The maximum absolute atomic E-state index is 12.2. The molecule has 2 N–H and O–H groups in total. The van der Waals surface area contributed by atoms with Crippen molar-refractivity contribution in [1.82, 2.24) is 19.7 Å². The number of nitrogens with zero attached hydrogens (tertiary/aromatic N) is 4. The first-order valence-corrected chi connectivity index (χ1v) is 9.79. The van der Waals surface area contributed by atoms with Gasteiger partial charge in [-0.05, 0) is 22.0 Å². The number of carbonyl (C=O) groups is 2. The van der Waals surface area contributed by atoms with Crippen LogP contribution in [0.5, 0.6) is 0 Å². The number of primary amides is 1. The summed E-state index contributed by atoms with van der Waals surface area (Å²) in [6, 6.07) is 2.01. The van der Waals surface area contributed by atoms with Crippen molar-refractivity contribution >= 4 is 50.8 Å². The number of thiophene rings is 1. The molecule has 0 aliphatic carbocycles. The number of carbonyl (C=O) groups excluding carboxylic acids is 2. The molecule has 0 spiro atoms. The van der Waals surface area contributed by atoms with Crippen molar-refractivity contribution in [2.24, 2.45) is 12.8 Å². The molecule has 0 aliphatic heterocycles. The molecule has 7 nitrogen and oxygen atoms in total. The Kier molecular flexibility index (Phi) is 6.81. The summed E-state index contributed by atoms with van der Waals surface area (Å²) in [6.45, 7) is 0.582. The van der Waals surface area contributed by atoms with Crippen molar-refractivity contribution in [3.63, 3.8) is 0 Å². The molecule has 0 saturated heterocycles. The van der Waals surface area contributed by atoms with Crippen LogP contribution in [0, 0.1) is 0 Å². The first-order valence-electron chi connectivity index (χ1n) is 7.13. The molecule has 0 aliphatic rings. The van der Waals surface area contributed by atoms with Gasteiger partial charge in [0.25, 0.3) is 0 Å². The summed E-state index contributed by atoms with van der Waals surface area (Å²) < 4.78 is 2.82. The molecule has 2 rings (SSSR count). The number of nitrogens with two attached hydrogens (primary N) is 1. The highest BCUT2D eigenvalue weighted by Crippen LogP contribution is 2.22. The van der Waals surface area contributed by atoms with Crippen molar-refractivity contribution in [3.8, 4) is 0 Å². The first kappa shape index (κ1) is 18.9. The SMILES string of the molecule is CN(Cc1cc(Br)cs1)C(=O)CSc1nnc(CCC(N)=O)n1C. The van der Waals surface area contributed by atoms with E-state index in [0.717, 1.165) is 9.35 Å². The van der Waals surface area contributed by atoms with Crippen LogP contribution in [0.1, 0.15) is 17.1 Å². The molecule has 0 fully saturated rings. The van der Waals surface area contributed by atoms with Gasteiger partial charge in [0.1, 0.15) is 5.82 Å². The van der Waals surface area contributed by atoms with Gasteiger partial charge in [-0.2, -0.15) is 0 Å². The predicted octanol–water partition coefficient (Wildman–Crippen LogP) is 1.81. The fourth-order valence-electron chi connectivity index (χ4n) is 1.92. The fourth-order valence-corrected chi connectivity index (χ4v) is 4.29. The van der Waals surface area contributed by atoms with E-state index in [1.54, 1.807) is 27.9 Å². The molecule has 0 bridgehead atoms. The molecule has 2 aromatic heterocycles. The molecule has 0 unspecified atom stereocenters. The van der Waals surface area contributed by atoms with Crippen LogP contribution < -0.4 is 5.73 Å². The number of hydrogen-bond donors (Lipinski definition) is 1. The Bertz CT molecular complexity index is 731. The smallest absolute Gasteiger partial charge is 0.233 e. The van der Waals surface area contributed by atoms with Gasteiger partial charge in [-0.25, -0.2) is 0 Å². The van der Waals surface area contributed by atoms with Gasteiger partial charge in [-0.3, -0.25) is 9.59 Å². The molecule has 2 aromatic rings. The second-order valence-corrected chi connectivity index (χ2v) is 8.05. The number of hydrogen-bond acceptors (Lipinski definition) is 6. The number of amides is 2. The molecule has 2 heterocycles. The zero-order chi connectivity index (χ0) is 17.7. The lowest BCUT2D eigenvalue weighted by Gasteiger charge is -2.15. The lowest BCUT2D eigenvalue weighted by Crippen LogP contribution is -2.27. The van der Waals surface area contributed by atoms with Gasteiger partial charge in [0, 0.05) is 41.7 Å². The second-order valence-electron chi connectivity index (χ2n) is 5.19. The third-order valence-corrected chi connectivity index (χ3v) is 5.97. The van der Waals surface area contributed by atoms with E-state index in [1.807, 2.05) is 18.5 Å². The second kappa shape index (κ2) is 8.63. The van der Waals surface area contributed by atoms with E-state index in [2.05, 4.69) is 26.1 Å². The van der Waals surface area contributed by atoms with Gasteiger partial charge in [0.2, 0.25) is 11.8 Å². The molecular formula is C14H18BrN5O2S2. The Morgan fingerprint density at radius 2 is 2.21 bits per heavy atom. The Hall–Kier alpha value is -1.39. The third-order valence-electron chi connectivity index (χ3n) is 3.29. The van der Waals surface area contributed by atoms with Crippen molar-refractivity contribution in [2.75, 3.05) is 12.8 Å². The summed E-state index contributed by atoms with van der Waals surface area (Å²) in [5.41, 5.74) is 5.14. The zero-order valence-electron chi connectivity index (χ0n) is 13.4. The molecule has 10 heteroatoms. The van der Waals surface area contributed by atoms with Crippen LogP contribution in [0.2, 0.25) is 0 Å². The minimum Gasteiger partial charge on any atom is -0.370 e. The summed E-state index contributed by atoms with van der Waals surface area (Å²) in [7, 11) is 3.60. The highest BCUT2D eigenvalue weighted by atomic mass is 79.9. The third kappa shape index (κ3) is 5.32. The van der Waals surface area contributed by atoms with E-state index >= 15 is 0 Å². The monoisotopic (exact) mass is 431 g/mol. The van der Waals surface area contributed by atoms with Crippen molar-refractivity contribution < 1.29 is 9.59 Å². The number of aromatic nitrogens is 3. The molecule has 0 atom stereocenters. The minimum atomic E-state index is -0.371. The quantitative estimate of drug-likeness (QED) is 0.643. The molecule has 24 heavy (non-hydrogen) atoms. The highest BCUT2D eigenvalue weighted by Gasteiger charge is 2.15. The van der Waals surface area contributed by atoms with Crippen molar-refractivity contribution in [2.45, 2.75) is 24.5 Å². The van der Waals surface area contributed by atoms with Gasteiger partial charge >= 0.3 is 0 Å². The van der Waals surface area contributed by atoms with Crippen LogP contribution in [0.15, 0.2) is 21.1 Å². The normalized spacial score (nSPS) is 10.8. The van der Waals surface area contributed by atoms with Crippen molar-refractivity contribution in [3.05, 3.63) is 26.6 Å². The van der Waals surface area contributed by atoms with E-state index in [1.165, 1.54) is 11.8 Å². The molecule has 2 amide bonds. The molecule has 0 aromatic carbocycles. The van der Waals surface area contributed by atoms with Gasteiger partial charge in [0.15, 0.2) is 5.16 Å². The van der Waals surface area contributed by atoms with E-state index in [9.17, 15) is 9.59 Å². The summed E-state index contributed by atoms with van der Waals surface area (Å²) >= 11 is 6.35. The van der Waals surface area contributed by atoms with Crippen LogP contribution in [0.3, 0.4) is 0 Å². The van der Waals surface area contributed by atoms with Gasteiger partial charge in [-0.15, -0.1) is 21.5 Å². The lowest BCUT2D eigenvalue weighted by atomic mass is 10.3. The van der Waals surface area contributed by atoms with Crippen LogP contribution >= 0.6 is 39.0 Å². The Balaban J connectivity index is 1.86. The standard InChI is InChI=1S/C14H18BrN5O2S2/c1-19(6-10-5-9(15)7-23-10)13(22)8-24-14-18-17-12(20(14)2)4-3-11(16)21/h5,7H,3-4,6,8H2,1-2H3,(H2,16,21). The zero-order valence-corrected chi connectivity index (χ0v) is 16.6. The molecule has 130 valence electrons. The van der Waals surface area contributed by atoms with E-state index in [0.29, 0.717) is 23.9 Å². The Morgan fingerprint density at radius 3 is 2.83 bits per heavy atom. The maximum Gasteiger partial charge on any atom is 0.233 e. The molecular weight excluding hydrogens is 414 g/mol. The average Bonchev–Trinajstić information content (AvgIpc) is 3.08. The summed E-state index contributed by atoms with van der Waals surface area (Å²) in [5.74, 6) is 0.612. The van der Waals surface area contributed by atoms with Gasteiger partial charge in [0.05, 0.1) is 12.3 Å². The minimum absolute atomic E-state index is 0.0196. The van der Waals surface area contributed by atoms with Crippen LogP contribution in [-0.2, 0) is 29.6 Å². The van der Waals surface area contributed by atoms with Crippen LogP contribution in [0.4, 0.5) is 0 Å². The number of aryl methyl sites for hydroxylation is 1. The largest absolute Gasteiger partial charge is 0.370 e. The number of halogens is 1. The molecule has 0 saturated carbocycles. The lowest BCUT2D eigenvalue weighted by molar-refractivity contribution is -0.127. The topological polar surface area (TPSA) is 94.1 Å². The van der Waals surface area contributed by atoms with E-state index < -0.39 is 0 Å². The van der Waals surface area contributed by atoms with E-state index in [4.69, 9.17) is 5.73 Å². The predicted molar refractivity (Wildman–Crippen MR) is 97.7 cm³/mol. The Labute approximate surface area is 156 Å².